The molecule has 1 aliphatic heterocycles. The molecule has 122 valence electrons. The molecule has 0 unspecified atom stereocenters. The van der Waals surface area contributed by atoms with E-state index >= 15 is 0 Å². The van der Waals surface area contributed by atoms with E-state index < -0.39 is 11.6 Å². The summed E-state index contributed by atoms with van der Waals surface area (Å²) in [7, 11) is 0. The van der Waals surface area contributed by atoms with Crippen LogP contribution in [0, 0.1) is 11.6 Å². The Labute approximate surface area is 137 Å². The fourth-order valence-corrected chi connectivity index (χ4v) is 2.82. The van der Waals surface area contributed by atoms with Crippen LogP contribution in [0.25, 0.3) is 11.0 Å². The first-order valence-electron chi connectivity index (χ1n) is 7.79. The normalized spacial score (nSPS) is 12.9. The van der Waals surface area contributed by atoms with Crippen molar-refractivity contribution in [2.75, 3.05) is 18.5 Å². The van der Waals surface area contributed by atoms with Gasteiger partial charge in [0.25, 0.3) is 0 Å². The molecule has 1 aliphatic rings. The van der Waals surface area contributed by atoms with Gasteiger partial charge in [0.2, 0.25) is 0 Å². The molecule has 0 radical (unpaired) electrons. The fourth-order valence-electron chi connectivity index (χ4n) is 2.82. The van der Waals surface area contributed by atoms with E-state index in [0.717, 1.165) is 37.3 Å². The van der Waals surface area contributed by atoms with E-state index in [1.807, 2.05) is 6.07 Å². The Morgan fingerprint density at radius 2 is 1.92 bits per heavy atom. The lowest BCUT2D eigenvalue weighted by Gasteiger charge is -2.08. The lowest BCUT2D eigenvalue weighted by molar-refractivity contribution is 0.357. The molecule has 3 aromatic rings. The predicted molar refractivity (Wildman–Crippen MR) is 87.3 cm³/mol. The van der Waals surface area contributed by atoms with Crippen molar-refractivity contribution in [1.82, 2.24) is 9.97 Å². The summed E-state index contributed by atoms with van der Waals surface area (Å²) in [6, 6.07) is 8.33. The lowest BCUT2D eigenvalue weighted by Crippen LogP contribution is -2.07. The number of hydrogen-bond acceptors (Lipinski definition) is 4. The first-order chi connectivity index (χ1) is 11.7. The van der Waals surface area contributed by atoms with Crippen molar-refractivity contribution in [3.05, 3.63) is 59.3 Å². The van der Waals surface area contributed by atoms with Gasteiger partial charge in [0, 0.05) is 25.1 Å². The number of rotatable bonds is 4. The molecule has 2 heterocycles. The van der Waals surface area contributed by atoms with E-state index in [4.69, 9.17) is 4.74 Å². The van der Waals surface area contributed by atoms with Crippen LogP contribution in [0.4, 0.5) is 14.6 Å². The summed E-state index contributed by atoms with van der Waals surface area (Å²) >= 11 is 0. The number of nitrogens with one attached hydrogen (secondary N) is 1. The van der Waals surface area contributed by atoms with E-state index in [9.17, 15) is 8.78 Å². The molecule has 4 rings (SSSR count). The Balaban J connectivity index is 1.44. The van der Waals surface area contributed by atoms with Gasteiger partial charge in [0.15, 0.2) is 11.6 Å². The summed E-state index contributed by atoms with van der Waals surface area (Å²) < 4.78 is 32.0. The zero-order valence-corrected chi connectivity index (χ0v) is 12.9. The lowest BCUT2D eigenvalue weighted by atomic mass is 10.1. The SMILES string of the molecule is Fc1cc2ncc(NCCc3ccc4c(c3)CCO4)nc2cc1F. The first kappa shape index (κ1) is 14.8. The third-order valence-corrected chi connectivity index (χ3v) is 4.06. The zero-order chi connectivity index (χ0) is 16.5. The summed E-state index contributed by atoms with van der Waals surface area (Å²) in [4.78, 5) is 8.37. The number of nitrogens with zero attached hydrogens (tertiary/aromatic N) is 2. The minimum atomic E-state index is -0.922. The van der Waals surface area contributed by atoms with Gasteiger partial charge in [0.1, 0.15) is 11.6 Å². The second-order valence-electron chi connectivity index (χ2n) is 5.73. The Morgan fingerprint density at radius 3 is 2.79 bits per heavy atom. The van der Waals surface area contributed by atoms with E-state index in [1.54, 1.807) is 0 Å². The van der Waals surface area contributed by atoms with Crippen molar-refractivity contribution < 1.29 is 13.5 Å². The van der Waals surface area contributed by atoms with Gasteiger partial charge in [0.05, 0.1) is 23.8 Å². The van der Waals surface area contributed by atoms with Gasteiger partial charge in [-0.05, 0) is 23.6 Å². The molecule has 0 bridgehead atoms. The molecular weight excluding hydrogens is 312 g/mol. The van der Waals surface area contributed by atoms with E-state index in [-0.39, 0.29) is 0 Å². The summed E-state index contributed by atoms with van der Waals surface area (Å²) in [5.74, 6) is -0.327. The number of fused-ring (bicyclic) bond motifs is 2. The molecule has 2 aromatic carbocycles. The minimum Gasteiger partial charge on any atom is -0.493 e. The average molecular weight is 327 g/mol. The summed E-state index contributed by atoms with van der Waals surface area (Å²) in [6.45, 7) is 1.42. The highest BCUT2D eigenvalue weighted by Crippen LogP contribution is 2.26. The monoisotopic (exact) mass is 327 g/mol. The van der Waals surface area contributed by atoms with Crippen molar-refractivity contribution in [1.29, 1.82) is 0 Å². The third kappa shape index (κ3) is 2.87. The van der Waals surface area contributed by atoms with Crippen molar-refractivity contribution in [2.45, 2.75) is 12.8 Å². The third-order valence-electron chi connectivity index (χ3n) is 4.06. The molecule has 0 amide bonds. The van der Waals surface area contributed by atoms with E-state index in [0.29, 0.717) is 23.4 Å². The van der Waals surface area contributed by atoms with Gasteiger partial charge < -0.3 is 10.1 Å². The van der Waals surface area contributed by atoms with E-state index in [2.05, 4.69) is 27.4 Å². The molecule has 0 atom stereocenters. The molecule has 1 N–H and O–H groups in total. The standard InChI is InChI=1S/C18H15F2N3O/c19-13-8-15-16(9-14(13)20)23-18(10-22-15)21-5-3-11-1-2-17-12(7-11)4-6-24-17/h1-2,7-10H,3-6H2,(H,21,23). The molecule has 0 spiro atoms. The van der Waals surface area contributed by atoms with Crippen LogP contribution in [0.2, 0.25) is 0 Å². The van der Waals surface area contributed by atoms with Crippen LogP contribution < -0.4 is 10.1 Å². The Morgan fingerprint density at radius 1 is 1.08 bits per heavy atom. The van der Waals surface area contributed by atoms with Gasteiger partial charge in [-0.15, -0.1) is 0 Å². The molecule has 6 heteroatoms. The zero-order valence-electron chi connectivity index (χ0n) is 12.9. The van der Waals surface area contributed by atoms with Gasteiger partial charge >= 0.3 is 0 Å². The Bertz CT molecular complexity index is 914. The van der Waals surface area contributed by atoms with Crippen molar-refractivity contribution in [3.8, 4) is 5.75 Å². The maximum atomic E-state index is 13.3. The smallest absolute Gasteiger partial charge is 0.161 e. The largest absolute Gasteiger partial charge is 0.493 e. The van der Waals surface area contributed by atoms with Crippen molar-refractivity contribution >= 4 is 16.9 Å². The van der Waals surface area contributed by atoms with Crippen LogP contribution in [0.3, 0.4) is 0 Å². The molecule has 4 nitrogen and oxygen atoms in total. The van der Waals surface area contributed by atoms with Crippen LogP contribution in [0.1, 0.15) is 11.1 Å². The molecule has 0 saturated heterocycles. The fraction of sp³-hybridized carbons (Fsp3) is 0.222. The number of ether oxygens (including phenoxy) is 1. The number of hydrogen-bond donors (Lipinski definition) is 1. The number of anilines is 1. The number of aromatic nitrogens is 2. The second kappa shape index (κ2) is 6.03. The minimum absolute atomic E-state index is 0.327. The maximum absolute atomic E-state index is 13.3. The van der Waals surface area contributed by atoms with Gasteiger partial charge in [-0.3, -0.25) is 4.98 Å². The average Bonchev–Trinajstić information content (AvgIpc) is 3.04. The molecule has 0 fully saturated rings. The van der Waals surface area contributed by atoms with Gasteiger partial charge in [-0.25, -0.2) is 13.8 Å². The Hall–Kier alpha value is -2.76. The summed E-state index contributed by atoms with van der Waals surface area (Å²) in [6.07, 6.45) is 3.30. The van der Waals surface area contributed by atoms with Crippen LogP contribution in [-0.4, -0.2) is 23.1 Å². The van der Waals surface area contributed by atoms with Crippen molar-refractivity contribution in [3.63, 3.8) is 0 Å². The number of halogens is 2. The topological polar surface area (TPSA) is 47.0 Å². The highest BCUT2D eigenvalue weighted by atomic mass is 19.2. The second-order valence-corrected chi connectivity index (χ2v) is 5.73. The summed E-state index contributed by atoms with van der Waals surface area (Å²) in [5.41, 5.74) is 3.12. The first-order valence-corrected chi connectivity index (χ1v) is 7.79. The molecular formula is C18H15F2N3O. The van der Waals surface area contributed by atoms with E-state index in [1.165, 1.54) is 17.3 Å². The Kier molecular flexibility index (Phi) is 3.72. The molecule has 1 aromatic heterocycles. The van der Waals surface area contributed by atoms with Gasteiger partial charge in [-0.1, -0.05) is 12.1 Å². The highest BCUT2D eigenvalue weighted by Gasteiger charge is 2.12. The van der Waals surface area contributed by atoms with Crippen LogP contribution in [0.15, 0.2) is 36.5 Å². The highest BCUT2D eigenvalue weighted by molar-refractivity contribution is 5.75. The quantitative estimate of drug-likeness (QED) is 0.797. The predicted octanol–water partition coefficient (Wildman–Crippen LogP) is 3.50. The molecule has 0 saturated carbocycles. The van der Waals surface area contributed by atoms with Gasteiger partial charge in [-0.2, -0.15) is 0 Å². The van der Waals surface area contributed by atoms with Crippen molar-refractivity contribution in [2.24, 2.45) is 0 Å². The van der Waals surface area contributed by atoms with Crippen LogP contribution >= 0.6 is 0 Å². The molecule has 24 heavy (non-hydrogen) atoms. The van der Waals surface area contributed by atoms with Crippen LogP contribution in [0.5, 0.6) is 5.75 Å². The molecule has 0 aliphatic carbocycles. The van der Waals surface area contributed by atoms with Crippen LogP contribution in [-0.2, 0) is 12.8 Å². The summed E-state index contributed by atoms with van der Waals surface area (Å²) in [5, 5.41) is 3.17. The maximum Gasteiger partial charge on any atom is 0.161 e. The number of benzene rings is 2.